The first-order valence-electron chi connectivity index (χ1n) is 10.5. The van der Waals surface area contributed by atoms with Crippen LogP contribution in [0.2, 0.25) is 0 Å². The first-order valence-corrected chi connectivity index (χ1v) is 10.5. The number of nitrogens with one attached hydrogen (secondary N) is 2. The number of nitrogens with zero attached hydrogens (tertiary/aromatic N) is 1. The molecule has 0 saturated carbocycles. The summed E-state index contributed by atoms with van der Waals surface area (Å²) < 4.78 is 11.0. The fourth-order valence-corrected chi connectivity index (χ4v) is 2.68. The van der Waals surface area contributed by atoms with Crippen LogP contribution >= 0.6 is 0 Å². The highest BCUT2D eigenvalue weighted by molar-refractivity contribution is 5.87. The number of carbonyl (C=O) groups is 1. The van der Waals surface area contributed by atoms with Gasteiger partial charge < -0.3 is 14.8 Å². The topological polar surface area (TPSA) is 81.2 Å². The molecule has 1 aromatic carbocycles. The number of hydrogen-bond acceptors (Lipinski definition) is 5. The molecule has 30 heavy (non-hydrogen) atoms. The van der Waals surface area contributed by atoms with Gasteiger partial charge in [0.25, 0.3) is 5.91 Å². The van der Waals surface area contributed by atoms with Gasteiger partial charge in [-0.3, -0.25) is 9.79 Å². The Labute approximate surface area is 179 Å². The van der Waals surface area contributed by atoms with Crippen molar-refractivity contribution >= 4 is 11.7 Å². The van der Waals surface area contributed by atoms with Crippen LogP contribution in [-0.4, -0.2) is 37.8 Å². The molecule has 1 aromatic rings. The zero-order chi connectivity index (χ0) is 21.4. The van der Waals surface area contributed by atoms with Crippen LogP contribution in [0, 0.1) is 0 Å². The number of allylic oxidation sites excluding steroid dienone is 2. The van der Waals surface area contributed by atoms with Crippen LogP contribution in [0.25, 0.3) is 0 Å². The molecule has 1 fully saturated rings. The molecule has 0 radical (unpaired) electrons. The van der Waals surface area contributed by atoms with Gasteiger partial charge in [-0.05, 0) is 30.9 Å². The van der Waals surface area contributed by atoms with Crippen molar-refractivity contribution < 1.29 is 19.1 Å². The fraction of sp³-hybridized carbons (Fsp3) is 0.478. The van der Waals surface area contributed by atoms with Crippen LogP contribution in [0.4, 0.5) is 0 Å². The molecular weight excluding hydrogens is 382 g/mol. The van der Waals surface area contributed by atoms with E-state index in [-0.39, 0.29) is 12.2 Å². The Kier molecular flexibility index (Phi) is 11.5. The maximum atomic E-state index is 11.8. The van der Waals surface area contributed by atoms with Crippen molar-refractivity contribution in [3.8, 4) is 0 Å². The van der Waals surface area contributed by atoms with Crippen molar-refractivity contribution in [2.24, 2.45) is 4.99 Å². The van der Waals surface area contributed by atoms with Gasteiger partial charge in [0, 0.05) is 31.7 Å². The normalized spacial score (nSPS) is 17.9. The number of carbonyl (C=O) groups excluding carboxylic acids is 1. The molecule has 1 saturated heterocycles. The van der Waals surface area contributed by atoms with Crippen LogP contribution in [0.3, 0.4) is 0 Å². The summed E-state index contributed by atoms with van der Waals surface area (Å²) in [4.78, 5) is 21.6. The molecule has 0 aliphatic carbocycles. The molecular formula is C23H33N3O4. The molecule has 1 amide bonds. The minimum Gasteiger partial charge on any atom is -0.375 e. The molecule has 1 heterocycles. The van der Waals surface area contributed by atoms with Gasteiger partial charge in [0.05, 0.1) is 19.8 Å². The number of hydrogen-bond donors (Lipinski definition) is 2. The van der Waals surface area contributed by atoms with Gasteiger partial charge in [-0.25, -0.2) is 10.3 Å². The lowest BCUT2D eigenvalue weighted by atomic mass is 10.2. The van der Waals surface area contributed by atoms with Gasteiger partial charge in [-0.2, -0.15) is 0 Å². The third-order valence-corrected chi connectivity index (χ3v) is 4.38. The number of ether oxygens (including phenoxy) is 2. The van der Waals surface area contributed by atoms with Crippen molar-refractivity contribution in [3.63, 3.8) is 0 Å². The third-order valence-electron chi connectivity index (χ3n) is 4.38. The molecule has 164 valence electrons. The molecule has 0 spiro atoms. The van der Waals surface area contributed by atoms with Gasteiger partial charge in [0.2, 0.25) is 0 Å². The Bertz CT molecular complexity index is 710. The van der Waals surface area contributed by atoms with E-state index >= 15 is 0 Å². The van der Waals surface area contributed by atoms with Crippen molar-refractivity contribution in [1.82, 2.24) is 10.8 Å². The average molecular weight is 416 g/mol. The quantitative estimate of drug-likeness (QED) is 0.144. The standard InChI is InChI=1S/C23H33N3O4/c1-3-21(24-14-16-28-18-20-9-5-4-6-10-20)25-17-19(2)12-13-22(27)26-30-23-11-7-8-15-29-23/h4-6,9-10,12-13,17,23H,3,7-8,11,14-16,18H2,1-2H3,(H,24,25)(H,26,27)/b13-12+,19-17+. The van der Waals surface area contributed by atoms with Gasteiger partial charge in [0.1, 0.15) is 5.84 Å². The Morgan fingerprint density at radius 1 is 1.27 bits per heavy atom. The van der Waals surface area contributed by atoms with E-state index in [1.807, 2.05) is 50.4 Å². The van der Waals surface area contributed by atoms with E-state index in [9.17, 15) is 4.79 Å². The highest BCUT2D eigenvalue weighted by atomic mass is 16.8. The molecule has 0 aromatic heterocycles. The number of amidine groups is 1. The molecule has 1 aliphatic rings. The Balaban J connectivity index is 1.64. The van der Waals surface area contributed by atoms with Gasteiger partial charge >= 0.3 is 0 Å². The summed E-state index contributed by atoms with van der Waals surface area (Å²) in [5, 5.41) is 3.18. The number of hydroxylamine groups is 1. The minimum absolute atomic E-state index is 0.322. The number of aliphatic imine (C=N–C) groups is 1. The zero-order valence-corrected chi connectivity index (χ0v) is 17.9. The van der Waals surface area contributed by atoms with Crippen LogP contribution in [0.15, 0.2) is 59.2 Å². The summed E-state index contributed by atoms with van der Waals surface area (Å²) in [6, 6.07) is 10.1. The largest absolute Gasteiger partial charge is 0.375 e. The summed E-state index contributed by atoms with van der Waals surface area (Å²) >= 11 is 0. The van der Waals surface area contributed by atoms with E-state index < -0.39 is 0 Å². The lowest BCUT2D eigenvalue weighted by molar-refractivity contribution is -0.198. The molecule has 1 aliphatic heterocycles. The molecule has 7 nitrogen and oxygen atoms in total. The summed E-state index contributed by atoms with van der Waals surface area (Å²) in [5.41, 5.74) is 4.44. The Morgan fingerprint density at radius 3 is 2.83 bits per heavy atom. The maximum absolute atomic E-state index is 11.8. The van der Waals surface area contributed by atoms with E-state index in [1.54, 1.807) is 6.08 Å². The summed E-state index contributed by atoms with van der Waals surface area (Å²) in [6.07, 6.45) is 8.26. The van der Waals surface area contributed by atoms with Crippen LogP contribution in [-0.2, 0) is 25.7 Å². The molecule has 2 N–H and O–H groups in total. The Morgan fingerprint density at radius 2 is 2.10 bits per heavy atom. The van der Waals surface area contributed by atoms with Gasteiger partial charge in [0.15, 0.2) is 6.29 Å². The number of benzene rings is 1. The first kappa shape index (κ1) is 23.8. The zero-order valence-electron chi connectivity index (χ0n) is 17.9. The molecule has 0 bridgehead atoms. The summed E-state index contributed by atoms with van der Waals surface area (Å²) in [6.45, 7) is 6.35. The second-order valence-electron chi connectivity index (χ2n) is 6.97. The minimum atomic E-state index is -0.352. The predicted octanol–water partition coefficient (Wildman–Crippen LogP) is 3.64. The van der Waals surface area contributed by atoms with Crippen molar-refractivity contribution in [2.45, 2.75) is 52.4 Å². The molecule has 2 rings (SSSR count). The monoisotopic (exact) mass is 415 g/mol. The maximum Gasteiger partial charge on any atom is 0.267 e. The van der Waals surface area contributed by atoms with Crippen LogP contribution in [0.1, 0.15) is 45.1 Å². The second-order valence-corrected chi connectivity index (χ2v) is 6.97. The lowest BCUT2D eigenvalue weighted by Gasteiger charge is -2.21. The number of amides is 1. The molecule has 1 atom stereocenters. The average Bonchev–Trinajstić information content (AvgIpc) is 2.79. The van der Waals surface area contributed by atoms with Gasteiger partial charge in [-0.15, -0.1) is 0 Å². The van der Waals surface area contributed by atoms with E-state index in [4.69, 9.17) is 14.3 Å². The van der Waals surface area contributed by atoms with Gasteiger partial charge in [-0.1, -0.05) is 43.3 Å². The fourth-order valence-electron chi connectivity index (χ4n) is 2.68. The highest BCUT2D eigenvalue weighted by Gasteiger charge is 2.14. The van der Waals surface area contributed by atoms with E-state index in [0.717, 1.165) is 42.7 Å². The summed E-state index contributed by atoms with van der Waals surface area (Å²) in [5.74, 6) is 0.546. The van der Waals surface area contributed by atoms with Crippen molar-refractivity contribution in [3.05, 3.63) is 59.8 Å². The molecule has 1 unspecified atom stereocenters. The third kappa shape index (κ3) is 10.3. The van der Waals surface area contributed by atoms with E-state index in [2.05, 4.69) is 15.8 Å². The second kappa shape index (κ2) is 14.5. The molecule has 7 heteroatoms. The van der Waals surface area contributed by atoms with Crippen LogP contribution in [0.5, 0.6) is 0 Å². The SMILES string of the molecule is CCC(=NCCOCc1ccccc1)N/C=C(C)/C=C/C(=O)NOC1CCCCO1. The highest BCUT2D eigenvalue weighted by Crippen LogP contribution is 2.12. The lowest BCUT2D eigenvalue weighted by Crippen LogP contribution is -2.32. The smallest absolute Gasteiger partial charge is 0.267 e. The van der Waals surface area contributed by atoms with E-state index in [0.29, 0.717) is 26.4 Å². The van der Waals surface area contributed by atoms with Crippen LogP contribution < -0.4 is 10.8 Å². The number of rotatable bonds is 11. The Hall–Kier alpha value is -2.48. The van der Waals surface area contributed by atoms with Crippen molar-refractivity contribution in [1.29, 1.82) is 0 Å². The van der Waals surface area contributed by atoms with E-state index in [1.165, 1.54) is 6.08 Å². The first-order chi connectivity index (χ1) is 14.7. The predicted molar refractivity (Wildman–Crippen MR) is 118 cm³/mol. The summed E-state index contributed by atoms with van der Waals surface area (Å²) in [7, 11) is 0. The van der Waals surface area contributed by atoms with Crippen molar-refractivity contribution in [2.75, 3.05) is 19.8 Å².